The molecule has 0 radical (unpaired) electrons. The Hall–Kier alpha value is -0.250. The van der Waals surface area contributed by atoms with Crippen molar-refractivity contribution in [1.29, 1.82) is 0 Å². The maximum atomic E-state index is 10.2. The maximum Gasteiger partial charge on any atom is 0.217 e. The predicted octanol–water partition coefficient (Wildman–Crippen LogP) is 3.82. The molecule has 0 saturated carbocycles. The number of ether oxygens (including phenoxy) is 3. The second kappa shape index (κ2) is 20.5. The number of rotatable bonds is 22. The zero-order chi connectivity index (χ0) is 20.1. The van der Waals surface area contributed by atoms with Crippen molar-refractivity contribution < 1.29 is 31.4 Å². The van der Waals surface area contributed by atoms with Gasteiger partial charge in [0.2, 0.25) is 10.4 Å². The van der Waals surface area contributed by atoms with E-state index in [-0.39, 0.29) is 13.2 Å². The summed E-state index contributed by atoms with van der Waals surface area (Å²) in [4.78, 5) is 0. The van der Waals surface area contributed by atoms with Gasteiger partial charge in [-0.1, -0.05) is 71.1 Å². The molecule has 0 N–H and O–H groups in total. The largest absolute Gasteiger partial charge is 0.726 e. The molecule has 8 heteroatoms. The van der Waals surface area contributed by atoms with Gasteiger partial charge in [-0.05, 0) is 6.42 Å². The van der Waals surface area contributed by atoms with E-state index >= 15 is 0 Å². The lowest BCUT2D eigenvalue weighted by atomic mass is 10.1. The lowest BCUT2D eigenvalue weighted by Crippen LogP contribution is -2.13. The Morgan fingerprint density at radius 1 is 0.556 bits per heavy atom. The van der Waals surface area contributed by atoms with Crippen LogP contribution in [0.1, 0.15) is 77.6 Å². The van der Waals surface area contributed by atoms with Gasteiger partial charge in [-0.2, -0.15) is 0 Å². The van der Waals surface area contributed by atoms with Gasteiger partial charge >= 0.3 is 0 Å². The van der Waals surface area contributed by atoms with Gasteiger partial charge in [0.05, 0.1) is 39.6 Å². The van der Waals surface area contributed by atoms with Crippen molar-refractivity contribution in [2.24, 2.45) is 0 Å². The van der Waals surface area contributed by atoms with Crippen molar-refractivity contribution in [3.05, 3.63) is 0 Å². The zero-order valence-electron chi connectivity index (χ0n) is 17.0. The lowest BCUT2D eigenvalue weighted by molar-refractivity contribution is 0.00847. The standard InChI is InChI=1S/C19H40O7S/c1-2-3-4-5-6-7-8-9-10-11-12-13-23-14-15-24-16-17-25-18-19-26-27(20,21)22/h2-19H2,1H3,(H,20,21,22)/p-1. The van der Waals surface area contributed by atoms with E-state index in [0.717, 1.165) is 13.0 Å². The lowest BCUT2D eigenvalue weighted by Gasteiger charge is -2.08. The summed E-state index contributed by atoms with van der Waals surface area (Å²) in [6, 6.07) is 0. The fourth-order valence-corrected chi connectivity index (χ4v) is 2.88. The van der Waals surface area contributed by atoms with Crippen LogP contribution in [-0.2, 0) is 28.8 Å². The predicted molar refractivity (Wildman–Crippen MR) is 105 cm³/mol. The van der Waals surface area contributed by atoms with Crippen molar-refractivity contribution in [3.63, 3.8) is 0 Å². The fourth-order valence-electron chi connectivity index (χ4n) is 2.61. The summed E-state index contributed by atoms with van der Waals surface area (Å²) in [5, 5.41) is 0. The van der Waals surface area contributed by atoms with E-state index in [1.54, 1.807) is 0 Å². The first-order valence-corrected chi connectivity index (χ1v) is 11.7. The summed E-state index contributed by atoms with van der Waals surface area (Å²) >= 11 is 0. The van der Waals surface area contributed by atoms with Crippen LogP contribution in [0, 0.1) is 0 Å². The van der Waals surface area contributed by atoms with Gasteiger partial charge in [0, 0.05) is 6.61 Å². The van der Waals surface area contributed by atoms with Crippen LogP contribution in [0.5, 0.6) is 0 Å². The van der Waals surface area contributed by atoms with Crippen molar-refractivity contribution in [2.75, 3.05) is 46.2 Å². The molecule has 0 aromatic heterocycles. The first-order chi connectivity index (χ1) is 13.1. The molecule has 0 rings (SSSR count). The summed E-state index contributed by atoms with van der Waals surface area (Å²) in [7, 11) is -4.63. The van der Waals surface area contributed by atoms with Gasteiger partial charge in [0.25, 0.3) is 0 Å². The van der Waals surface area contributed by atoms with Crippen LogP contribution in [0.2, 0.25) is 0 Å². The summed E-state index contributed by atoms with van der Waals surface area (Å²) in [6.07, 6.45) is 14.6. The molecule has 0 heterocycles. The molecule has 0 aliphatic carbocycles. The van der Waals surface area contributed by atoms with E-state index in [1.165, 1.54) is 64.2 Å². The van der Waals surface area contributed by atoms with Crippen molar-refractivity contribution >= 4 is 10.4 Å². The van der Waals surface area contributed by atoms with Crippen LogP contribution in [0.25, 0.3) is 0 Å². The first kappa shape index (κ1) is 26.8. The molecule has 0 bridgehead atoms. The summed E-state index contributed by atoms with van der Waals surface area (Å²) in [6.45, 7) is 4.59. The van der Waals surface area contributed by atoms with Gasteiger partial charge in [0.1, 0.15) is 0 Å². The molecule has 164 valence electrons. The number of hydrogen-bond donors (Lipinski definition) is 0. The van der Waals surface area contributed by atoms with Crippen LogP contribution in [0.4, 0.5) is 0 Å². The summed E-state index contributed by atoms with van der Waals surface area (Å²) in [5.74, 6) is 0. The molecular weight excluding hydrogens is 372 g/mol. The Morgan fingerprint density at radius 2 is 0.926 bits per heavy atom. The molecule has 0 atom stereocenters. The third kappa shape index (κ3) is 25.8. The van der Waals surface area contributed by atoms with Gasteiger partial charge < -0.3 is 18.8 Å². The minimum absolute atomic E-state index is 0.0419. The van der Waals surface area contributed by atoms with Crippen LogP contribution in [0.15, 0.2) is 0 Å². The molecule has 27 heavy (non-hydrogen) atoms. The average Bonchev–Trinajstić information content (AvgIpc) is 2.62. The molecule has 0 spiro atoms. The molecule has 7 nitrogen and oxygen atoms in total. The van der Waals surface area contributed by atoms with E-state index in [9.17, 15) is 13.0 Å². The molecule has 0 aliphatic heterocycles. The molecular formula is C19H39O7S-. The molecule has 0 aromatic carbocycles. The molecule has 0 fully saturated rings. The smallest absolute Gasteiger partial charge is 0.217 e. The van der Waals surface area contributed by atoms with E-state index in [0.29, 0.717) is 26.4 Å². The van der Waals surface area contributed by atoms with Crippen LogP contribution in [0.3, 0.4) is 0 Å². The number of hydrogen-bond acceptors (Lipinski definition) is 7. The van der Waals surface area contributed by atoms with E-state index in [2.05, 4.69) is 11.1 Å². The third-order valence-corrected chi connectivity index (χ3v) is 4.55. The quantitative estimate of drug-likeness (QED) is 0.152. The third-order valence-electron chi connectivity index (χ3n) is 4.09. The number of unbranched alkanes of at least 4 members (excludes halogenated alkanes) is 10. The first-order valence-electron chi connectivity index (χ1n) is 10.4. The van der Waals surface area contributed by atoms with E-state index in [1.807, 2.05) is 0 Å². The Bertz CT molecular complexity index is 388. The Kier molecular flexibility index (Phi) is 20.3. The SMILES string of the molecule is CCCCCCCCCCCCCOCCOCCOCCOS(=O)(=O)[O-]. The van der Waals surface area contributed by atoms with Gasteiger partial charge in [0.15, 0.2) is 0 Å². The van der Waals surface area contributed by atoms with Crippen LogP contribution >= 0.6 is 0 Å². The minimum atomic E-state index is -4.63. The average molecular weight is 412 g/mol. The maximum absolute atomic E-state index is 10.2. The Labute approximate surface area is 166 Å². The normalized spacial score (nSPS) is 11.9. The summed E-state index contributed by atoms with van der Waals surface area (Å²) in [5.41, 5.74) is 0. The van der Waals surface area contributed by atoms with Gasteiger partial charge in [-0.25, -0.2) is 8.42 Å². The van der Waals surface area contributed by atoms with Crippen LogP contribution < -0.4 is 0 Å². The highest BCUT2D eigenvalue weighted by Crippen LogP contribution is 2.11. The molecule has 0 aromatic rings. The molecule has 0 aliphatic rings. The Balaban J connectivity index is 3.03. The Morgan fingerprint density at radius 3 is 1.37 bits per heavy atom. The van der Waals surface area contributed by atoms with E-state index in [4.69, 9.17) is 14.2 Å². The van der Waals surface area contributed by atoms with Gasteiger partial charge in [-0.3, -0.25) is 4.18 Å². The second-order valence-electron chi connectivity index (χ2n) is 6.60. The summed E-state index contributed by atoms with van der Waals surface area (Å²) < 4.78 is 50.4. The highest BCUT2D eigenvalue weighted by Gasteiger charge is 1.96. The fraction of sp³-hybridized carbons (Fsp3) is 1.00. The molecule has 0 saturated heterocycles. The topological polar surface area (TPSA) is 94.1 Å². The monoisotopic (exact) mass is 411 g/mol. The molecule has 0 unspecified atom stereocenters. The van der Waals surface area contributed by atoms with E-state index < -0.39 is 10.4 Å². The van der Waals surface area contributed by atoms with Crippen molar-refractivity contribution in [2.45, 2.75) is 77.6 Å². The van der Waals surface area contributed by atoms with Crippen LogP contribution in [-0.4, -0.2) is 59.2 Å². The van der Waals surface area contributed by atoms with Crippen molar-refractivity contribution in [3.8, 4) is 0 Å². The highest BCUT2D eigenvalue weighted by molar-refractivity contribution is 7.80. The van der Waals surface area contributed by atoms with Gasteiger partial charge in [-0.15, -0.1) is 0 Å². The highest BCUT2D eigenvalue weighted by atomic mass is 32.3. The minimum Gasteiger partial charge on any atom is -0.726 e. The molecule has 0 amide bonds. The van der Waals surface area contributed by atoms with Crippen molar-refractivity contribution in [1.82, 2.24) is 0 Å². The zero-order valence-corrected chi connectivity index (χ0v) is 17.8. The second-order valence-corrected chi connectivity index (χ2v) is 7.66.